The highest BCUT2D eigenvalue weighted by molar-refractivity contribution is 6.01. The standard InChI is InChI=1S/C21H16N4O2/c26-18-13-11-16(12-14-18)22-21(27)19-23-20(15-7-3-1-4-8-15)25(24-19)17-9-5-2-6-10-17/h1-14,26H,(H,22,27). The summed E-state index contributed by atoms with van der Waals surface area (Å²) >= 11 is 0. The van der Waals surface area contributed by atoms with Crippen molar-refractivity contribution in [3.8, 4) is 22.8 Å². The maximum atomic E-state index is 12.6. The third kappa shape index (κ3) is 3.55. The molecule has 1 heterocycles. The van der Waals surface area contributed by atoms with Crippen molar-refractivity contribution < 1.29 is 9.90 Å². The molecule has 0 aliphatic rings. The van der Waals surface area contributed by atoms with E-state index in [0.717, 1.165) is 11.3 Å². The van der Waals surface area contributed by atoms with Gasteiger partial charge in [0, 0.05) is 11.3 Å². The average Bonchev–Trinajstić information content (AvgIpc) is 3.17. The third-order valence-corrected chi connectivity index (χ3v) is 3.97. The number of carbonyl (C=O) groups excluding carboxylic acids is 1. The number of para-hydroxylation sites is 1. The highest BCUT2D eigenvalue weighted by Crippen LogP contribution is 2.21. The first kappa shape index (κ1) is 16.5. The Bertz CT molecular complexity index is 1000. The largest absolute Gasteiger partial charge is 0.508 e. The molecule has 4 aromatic rings. The van der Waals surface area contributed by atoms with Gasteiger partial charge in [-0.05, 0) is 36.4 Å². The molecule has 0 radical (unpaired) electrons. The van der Waals surface area contributed by atoms with Gasteiger partial charge in [0.05, 0.1) is 5.69 Å². The van der Waals surface area contributed by atoms with Crippen molar-refractivity contribution in [2.24, 2.45) is 0 Å². The first-order chi connectivity index (χ1) is 13.2. The molecule has 27 heavy (non-hydrogen) atoms. The lowest BCUT2D eigenvalue weighted by Crippen LogP contribution is -2.14. The number of aromatic nitrogens is 3. The van der Waals surface area contributed by atoms with Crippen LogP contribution in [0.5, 0.6) is 5.75 Å². The number of nitrogens with zero attached hydrogens (tertiary/aromatic N) is 3. The van der Waals surface area contributed by atoms with Gasteiger partial charge in [-0.25, -0.2) is 9.67 Å². The van der Waals surface area contributed by atoms with Crippen LogP contribution < -0.4 is 5.32 Å². The fourth-order valence-corrected chi connectivity index (χ4v) is 2.66. The lowest BCUT2D eigenvalue weighted by molar-refractivity contribution is 0.101. The highest BCUT2D eigenvalue weighted by atomic mass is 16.3. The summed E-state index contributed by atoms with van der Waals surface area (Å²) in [6.45, 7) is 0. The molecular formula is C21H16N4O2. The van der Waals surface area contributed by atoms with Crippen LogP contribution in [0.2, 0.25) is 0 Å². The van der Waals surface area contributed by atoms with Gasteiger partial charge < -0.3 is 10.4 Å². The van der Waals surface area contributed by atoms with Gasteiger partial charge in [-0.1, -0.05) is 48.5 Å². The van der Waals surface area contributed by atoms with Crippen LogP contribution in [0.25, 0.3) is 17.1 Å². The Morgan fingerprint density at radius 1 is 0.852 bits per heavy atom. The molecule has 6 heteroatoms. The van der Waals surface area contributed by atoms with Gasteiger partial charge in [0.15, 0.2) is 5.82 Å². The summed E-state index contributed by atoms with van der Waals surface area (Å²) in [4.78, 5) is 17.1. The maximum absolute atomic E-state index is 12.6. The molecule has 1 aromatic heterocycles. The summed E-state index contributed by atoms with van der Waals surface area (Å²) in [5, 5.41) is 16.5. The maximum Gasteiger partial charge on any atom is 0.295 e. The molecule has 0 aliphatic heterocycles. The zero-order valence-corrected chi connectivity index (χ0v) is 14.3. The second kappa shape index (κ2) is 7.13. The van der Waals surface area contributed by atoms with Crippen molar-refractivity contribution in [2.75, 3.05) is 5.32 Å². The second-order valence-corrected chi connectivity index (χ2v) is 5.87. The minimum absolute atomic E-state index is 0.0609. The number of aromatic hydroxyl groups is 1. The molecule has 4 rings (SSSR count). The van der Waals surface area contributed by atoms with Crippen LogP contribution in [-0.2, 0) is 0 Å². The van der Waals surface area contributed by atoms with Crippen molar-refractivity contribution in [1.82, 2.24) is 14.8 Å². The van der Waals surface area contributed by atoms with E-state index in [0.29, 0.717) is 11.5 Å². The Labute approximate surface area is 155 Å². The van der Waals surface area contributed by atoms with Crippen LogP contribution in [-0.4, -0.2) is 25.8 Å². The van der Waals surface area contributed by atoms with Crippen molar-refractivity contribution in [3.63, 3.8) is 0 Å². The topological polar surface area (TPSA) is 80.0 Å². The molecule has 2 N–H and O–H groups in total. The molecule has 0 unspecified atom stereocenters. The Morgan fingerprint density at radius 3 is 2.15 bits per heavy atom. The van der Waals surface area contributed by atoms with Crippen LogP contribution >= 0.6 is 0 Å². The van der Waals surface area contributed by atoms with Gasteiger partial charge in [-0.3, -0.25) is 4.79 Å². The summed E-state index contributed by atoms with van der Waals surface area (Å²) in [6.07, 6.45) is 0. The summed E-state index contributed by atoms with van der Waals surface area (Å²) in [7, 11) is 0. The van der Waals surface area contributed by atoms with Crippen LogP contribution in [0.1, 0.15) is 10.6 Å². The molecule has 3 aromatic carbocycles. The molecule has 0 aliphatic carbocycles. The fourth-order valence-electron chi connectivity index (χ4n) is 2.66. The zero-order valence-electron chi connectivity index (χ0n) is 14.3. The van der Waals surface area contributed by atoms with Crippen LogP contribution in [0.3, 0.4) is 0 Å². The minimum Gasteiger partial charge on any atom is -0.508 e. The van der Waals surface area contributed by atoms with Crippen molar-refractivity contribution in [2.45, 2.75) is 0 Å². The predicted molar refractivity (Wildman–Crippen MR) is 103 cm³/mol. The van der Waals surface area contributed by atoms with Gasteiger partial charge >= 0.3 is 0 Å². The number of phenolic OH excluding ortho intramolecular Hbond substituents is 1. The van der Waals surface area contributed by atoms with E-state index in [1.807, 2.05) is 60.7 Å². The first-order valence-corrected chi connectivity index (χ1v) is 8.39. The quantitative estimate of drug-likeness (QED) is 0.544. The number of nitrogens with one attached hydrogen (secondary N) is 1. The van der Waals surface area contributed by atoms with E-state index in [9.17, 15) is 9.90 Å². The molecule has 132 valence electrons. The molecular weight excluding hydrogens is 340 g/mol. The van der Waals surface area contributed by atoms with E-state index in [4.69, 9.17) is 0 Å². The molecule has 0 atom stereocenters. The summed E-state index contributed by atoms with van der Waals surface area (Å²) < 4.78 is 1.65. The molecule has 1 amide bonds. The summed E-state index contributed by atoms with van der Waals surface area (Å²) in [5.41, 5.74) is 2.22. The van der Waals surface area contributed by atoms with Gasteiger partial charge in [0.25, 0.3) is 5.91 Å². The van der Waals surface area contributed by atoms with Gasteiger partial charge in [0.1, 0.15) is 5.75 Å². The number of hydrogen-bond donors (Lipinski definition) is 2. The Hall–Kier alpha value is -3.93. The highest BCUT2D eigenvalue weighted by Gasteiger charge is 2.18. The summed E-state index contributed by atoms with van der Waals surface area (Å²) in [6, 6.07) is 25.4. The predicted octanol–water partition coefficient (Wildman–Crippen LogP) is 3.89. The van der Waals surface area contributed by atoms with E-state index in [1.54, 1.807) is 16.8 Å². The molecule has 0 spiro atoms. The number of amides is 1. The number of phenols is 1. The van der Waals surface area contributed by atoms with E-state index in [-0.39, 0.29) is 11.6 Å². The van der Waals surface area contributed by atoms with Crippen molar-refractivity contribution in [1.29, 1.82) is 0 Å². The first-order valence-electron chi connectivity index (χ1n) is 8.39. The monoisotopic (exact) mass is 356 g/mol. The Morgan fingerprint density at radius 2 is 1.48 bits per heavy atom. The number of benzene rings is 3. The average molecular weight is 356 g/mol. The number of hydrogen-bond acceptors (Lipinski definition) is 4. The van der Waals surface area contributed by atoms with Crippen LogP contribution in [0, 0.1) is 0 Å². The lowest BCUT2D eigenvalue weighted by Gasteiger charge is -2.05. The van der Waals surface area contributed by atoms with Gasteiger partial charge in [0.2, 0.25) is 5.82 Å². The third-order valence-electron chi connectivity index (χ3n) is 3.97. The molecule has 0 fully saturated rings. The second-order valence-electron chi connectivity index (χ2n) is 5.87. The van der Waals surface area contributed by atoms with E-state index in [1.165, 1.54) is 12.1 Å². The molecule has 0 saturated heterocycles. The number of rotatable bonds is 4. The van der Waals surface area contributed by atoms with E-state index >= 15 is 0 Å². The Kier molecular flexibility index (Phi) is 4.37. The number of anilines is 1. The molecule has 6 nitrogen and oxygen atoms in total. The van der Waals surface area contributed by atoms with E-state index in [2.05, 4.69) is 15.4 Å². The van der Waals surface area contributed by atoms with Crippen LogP contribution in [0.15, 0.2) is 84.9 Å². The smallest absolute Gasteiger partial charge is 0.295 e. The van der Waals surface area contributed by atoms with Gasteiger partial charge in [-0.2, -0.15) is 0 Å². The van der Waals surface area contributed by atoms with Gasteiger partial charge in [-0.15, -0.1) is 5.10 Å². The molecule has 0 saturated carbocycles. The normalized spacial score (nSPS) is 10.5. The van der Waals surface area contributed by atoms with Crippen LogP contribution in [0.4, 0.5) is 5.69 Å². The van der Waals surface area contributed by atoms with Crippen molar-refractivity contribution in [3.05, 3.63) is 90.8 Å². The SMILES string of the molecule is O=C(Nc1ccc(O)cc1)c1nc(-c2ccccc2)n(-c2ccccc2)n1. The number of carbonyl (C=O) groups is 1. The summed E-state index contributed by atoms with van der Waals surface area (Å²) in [5.74, 6) is 0.349. The zero-order chi connectivity index (χ0) is 18.6. The fraction of sp³-hybridized carbons (Fsp3) is 0. The van der Waals surface area contributed by atoms with Crippen molar-refractivity contribution >= 4 is 11.6 Å². The minimum atomic E-state index is -0.424. The Balaban J connectivity index is 1.72. The lowest BCUT2D eigenvalue weighted by atomic mass is 10.2. The van der Waals surface area contributed by atoms with E-state index < -0.39 is 5.91 Å². The molecule has 0 bridgehead atoms.